The molecule has 3 aromatic heterocycles. The molecule has 0 spiro atoms. The van der Waals surface area contributed by atoms with Crippen molar-refractivity contribution in [2.75, 3.05) is 5.32 Å². The first-order valence-corrected chi connectivity index (χ1v) is 8.50. The maximum atomic E-state index is 11.7. The number of amides is 1. The highest BCUT2D eigenvalue weighted by Crippen LogP contribution is 2.27. The summed E-state index contributed by atoms with van der Waals surface area (Å²) >= 11 is 1.44. The van der Waals surface area contributed by atoms with Gasteiger partial charge in [-0.25, -0.2) is 15.4 Å². The number of nitrogens with one attached hydrogen (secondary N) is 2. The number of aromatic nitrogens is 3. The molecule has 8 nitrogen and oxygen atoms in total. The van der Waals surface area contributed by atoms with E-state index in [1.54, 1.807) is 30.5 Å². The van der Waals surface area contributed by atoms with Gasteiger partial charge in [0.2, 0.25) is 0 Å². The molecule has 9 heteroatoms. The van der Waals surface area contributed by atoms with Gasteiger partial charge in [0.05, 0.1) is 17.2 Å². The minimum atomic E-state index is -0.561. The van der Waals surface area contributed by atoms with Crippen molar-refractivity contribution >= 4 is 33.7 Å². The van der Waals surface area contributed by atoms with Crippen LogP contribution in [0.4, 0.5) is 10.8 Å². The molecule has 26 heavy (non-hydrogen) atoms. The van der Waals surface area contributed by atoms with Gasteiger partial charge in [0.15, 0.2) is 5.13 Å². The van der Waals surface area contributed by atoms with Crippen LogP contribution in [0.3, 0.4) is 0 Å². The first kappa shape index (κ1) is 15.9. The molecule has 0 atom stereocenters. The lowest BCUT2D eigenvalue weighted by Gasteiger charge is -2.04. The monoisotopic (exact) mass is 364 g/mol. The fraction of sp³-hybridized carbons (Fsp3) is 0. The van der Waals surface area contributed by atoms with Gasteiger partial charge in [-0.3, -0.25) is 9.20 Å². The summed E-state index contributed by atoms with van der Waals surface area (Å²) in [4.78, 5) is 30.8. The van der Waals surface area contributed by atoms with Crippen LogP contribution in [0.2, 0.25) is 0 Å². The van der Waals surface area contributed by atoms with Gasteiger partial charge in [0.1, 0.15) is 11.3 Å². The van der Waals surface area contributed by atoms with Crippen LogP contribution in [0.5, 0.6) is 0 Å². The molecule has 4 rings (SSSR count). The lowest BCUT2D eigenvalue weighted by atomic mass is 10.2. The number of hydrogen-bond donors (Lipinski definition) is 2. The first-order chi connectivity index (χ1) is 12.7. The number of hydrogen-bond acceptors (Lipinski definition) is 7. The van der Waals surface area contributed by atoms with Crippen molar-refractivity contribution in [3.63, 3.8) is 0 Å². The number of imidazole rings is 1. The lowest BCUT2D eigenvalue weighted by molar-refractivity contribution is 0.0954. The van der Waals surface area contributed by atoms with Crippen LogP contribution >= 0.6 is 11.3 Å². The molecule has 0 bridgehead atoms. The molecule has 128 valence electrons. The third-order valence-corrected chi connectivity index (χ3v) is 4.46. The Labute approximate surface area is 151 Å². The molecule has 0 radical (unpaired) electrons. The lowest BCUT2D eigenvalue weighted by Crippen LogP contribution is -2.16. The van der Waals surface area contributed by atoms with Crippen LogP contribution in [0.1, 0.15) is 10.4 Å². The Bertz CT molecular complexity index is 1100. The molecule has 0 fully saturated rings. The summed E-state index contributed by atoms with van der Waals surface area (Å²) in [6, 6.07) is 12.5. The first-order valence-electron chi connectivity index (χ1n) is 7.62. The van der Waals surface area contributed by atoms with Crippen LogP contribution in [0, 0.1) is 4.91 Å². The summed E-state index contributed by atoms with van der Waals surface area (Å²) in [7, 11) is 0. The van der Waals surface area contributed by atoms with E-state index in [1.165, 1.54) is 11.3 Å². The highest BCUT2D eigenvalue weighted by molar-refractivity contribution is 7.14. The topological polar surface area (TPSA) is 101 Å². The van der Waals surface area contributed by atoms with E-state index < -0.39 is 5.91 Å². The zero-order chi connectivity index (χ0) is 17.9. The molecule has 0 unspecified atom stereocenters. The Balaban J connectivity index is 1.58. The number of fused-ring (bicyclic) bond motifs is 1. The maximum absolute atomic E-state index is 11.7. The Morgan fingerprint density at radius 3 is 3.00 bits per heavy atom. The Morgan fingerprint density at radius 1 is 1.19 bits per heavy atom. The second kappa shape index (κ2) is 6.73. The second-order valence-electron chi connectivity index (χ2n) is 5.35. The zero-order valence-corrected chi connectivity index (χ0v) is 14.1. The second-order valence-corrected chi connectivity index (χ2v) is 6.21. The predicted molar refractivity (Wildman–Crippen MR) is 99.3 cm³/mol. The van der Waals surface area contributed by atoms with Crippen molar-refractivity contribution in [2.24, 2.45) is 5.29 Å². The average Bonchev–Trinajstić information content (AvgIpc) is 3.29. The molecule has 2 N–H and O–H groups in total. The van der Waals surface area contributed by atoms with Gasteiger partial charge in [0.25, 0.3) is 5.91 Å². The van der Waals surface area contributed by atoms with Crippen molar-refractivity contribution in [1.29, 1.82) is 0 Å². The van der Waals surface area contributed by atoms with E-state index in [9.17, 15) is 9.70 Å². The molecular formula is C17H12N6O2S. The summed E-state index contributed by atoms with van der Waals surface area (Å²) in [5.74, 6) is -0.561. The molecule has 0 aliphatic carbocycles. The summed E-state index contributed by atoms with van der Waals surface area (Å²) in [5.41, 5.74) is 5.44. The van der Waals surface area contributed by atoms with Crippen molar-refractivity contribution < 1.29 is 4.79 Å². The maximum Gasteiger partial charge on any atom is 0.274 e. The molecule has 0 saturated carbocycles. The zero-order valence-electron chi connectivity index (χ0n) is 13.3. The van der Waals surface area contributed by atoms with E-state index in [0.717, 1.165) is 17.0 Å². The number of anilines is 2. The number of nitroso groups, excluding NO2 is 1. The van der Waals surface area contributed by atoms with Gasteiger partial charge in [-0.05, 0) is 30.3 Å². The Kier molecular flexibility index (Phi) is 4.12. The minimum absolute atomic E-state index is 0.327. The highest BCUT2D eigenvalue weighted by atomic mass is 32.1. The van der Waals surface area contributed by atoms with E-state index in [2.05, 4.69) is 20.6 Å². The fourth-order valence-electron chi connectivity index (χ4n) is 2.54. The number of carbonyl (C=O) groups is 1. The summed E-state index contributed by atoms with van der Waals surface area (Å²) in [6.45, 7) is 0. The van der Waals surface area contributed by atoms with Crippen molar-refractivity contribution in [3.8, 4) is 11.4 Å². The molecule has 1 amide bonds. The normalized spacial score (nSPS) is 10.6. The molecule has 1 aromatic carbocycles. The van der Waals surface area contributed by atoms with Gasteiger partial charge in [-0.1, -0.05) is 12.1 Å². The number of benzene rings is 1. The van der Waals surface area contributed by atoms with Crippen LogP contribution in [-0.2, 0) is 0 Å². The number of carbonyl (C=O) groups excluding carboxylic acids is 1. The van der Waals surface area contributed by atoms with Gasteiger partial charge in [-0.2, -0.15) is 0 Å². The third-order valence-electron chi connectivity index (χ3n) is 3.71. The highest BCUT2D eigenvalue weighted by Gasteiger charge is 2.11. The van der Waals surface area contributed by atoms with E-state index in [4.69, 9.17) is 0 Å². The number of nitrogens with zero attached hydrogens (tertiary/aromatic N) is 4. The van der Waals surface area contributed by atoms with Gasteiger partial charge < -0.3 is 5.32 Å². The van der Waals surface area contributed by atoms with E-state index >= 15 is 0 Å². The summed E-state index contributed by atoms with van der Waals surface area (Å²) in [5, 5.41) is 8.17. The van der Waals surface area contributed by atoms with Crippen LogP contribution in [0.25, 0.3) is 17.0 Å². The molecular weight excluding hydrogens is 352 g/mol. The summed E-state index contributed by atoms with van der Waals surface area (Å²) in [6.07, 6.45) is 3.72. The summed E-state index contributed by atoms with van der Waals surface area (Å²) < 4.78 is 1.97. The van der Waals surface area contributed by atoms with Crippen molar-refractivity contribution in [2.45, 2.75) is 0 Å². The molecule has 4 aromatic rings. The van der Waals surface area contributed by atoms with Crippen LogP contribution < -0.4 is 10.7 Å². The molecule has 0 saturated heterocycles. The SMILES string of the molecule is O=NNC(=O)c1cccc(Nc2nc(-c3cnc4ccccn34)cs2)c1. The third kappa shape index (κ3) is 3.03. The smallest absolute Gasteiger partial charge is 0.274 e. The van der Waals surface area contributed by atoms with Gasteiger partial charge in [0, 0.05) is 22.8 Å². The quantitative estimate of drug-likeness (QED) is 0.416. The van der Waals surface area contributed by atoms with Gasteiger partial charge >= 0.3 is 0 Å². The van der Waals surface area contributed by atoms with Crippen LogP contribution in [0.15, 0.2) is 65.5 Å². The fourth-order valence-corrected chi connectivity index (χ4v) is 3.26. The van der Waals surface area contributed by atoms with E-state index in [-0.39, 0.29) is 0 Å². The Morgan fingerprint density at radius 2 is 2.12 bits per heavy atom. The predicted octanol–water partition coefficient (Wildman–Crippen LogP) is 3.61. The van der Waals surface area contributed by atoms with E-state index in [0.29, 0.717) is 16.4 Å². The number of pyridine rings is 1. The standard InChI is InChI=1S/C17H12N6O2S/c24-16(21-22-25)11-4-3-5-12(8-11)19-17-20-13(10-26-17)14-9-18-15-6-1-2-7-23(14)15/h1-10H,(H,19,20)(H,21,24,25). The van der Waals surface area contributed by atoms with E-state index in [1.807, 2.05) is 39.6 Å². The molecule has 0 aliphatic heterocycles. The van der Waals surface area contributed by atoms with Crippen LogP contribution in [-0.4, -0.2) is 20.3 Å². The molecule has 3 heterocycles. The number of rotatable bonds is 5. The molecule has 0 aliphatic rings. The van der Waals surface area contributed by atoms with Crippen molar-refractivity contribution in [3.05, 3.63) is 70.7 Å². The van der Waals surface area contributed by atoms with Gasteiger partial charge in [-0.15, -0.1) is 16.2 Å². The number of thiazole rings is 1. The Hall–Kier alpha value is -3.59. The van der Waals surface area contributed by atoms with Crippen molar-refractivity contribution in [1.82, 2.24) is 19.8 Å². The minimum Gasteiger partial charge on any atom is -0.332 e. The average molecular weight is 364 g/mol. The largest absolute Gasteiger partial charge is 0.332 e.